The zero-order valence-corrected chi connectivity index (χ0v) is 14.4. The van der Waals surface area contributed by atoms with Gasteiger partial charge in [0.05, 0.1) is 23.3 Å². The Morgan fingerprint density at radius 1 is 0.964 bits per heavy atom. The molecule has 1 aliphatic rings. The highest BCUT2D eigenvalue weighted by molar-refractivity contribution is 5.59. The molecule has 0 amide bonds. The smallest absolute Gasteiger partial charge is 0.231 e. The van der Waals surface area contributed by atoms with Gasteiger partial charge in [-0.3, -0.25) is 4.79 Å². The Balaban J connectivity index is 1.62. The predicted molar refractivity (Wildman–Crippen MR) is 98.5 cm³/mol. The van der Waals surface area contributed by atoms with Gasteiger partial charge in [-0.1, -0.05) is 6.07 Å². The zero-order valence-electron chi connectivity index (χ0n) is 14.4. The first kappa shape index (κ1) is 16.2. The van der Waals surface area contributed by atoms with Crippen LogP contribution in [-0.2, 0) is 0 Å². The van der Waals surface area contributed by atoms with E-state index >= 15 is 0 Å². The Labute approximate surface area is 158 Å². The third kappa shape index (κ3) is 2.71. The van der Waals surface area contributed by atoms with Gasteiger partial charge in [0, 0.05) is 18.3 Å². The maximum Gasteiger partial charge on any atom is 0.231 e. The second-order valence-electron chi connectivity index (χ2n) is 6.12. The van der Waals surface area contributed by atoms with Crippen molar-refractivity contribution in [3.05, 3.63) is 83.0 Å². The van der Waals surface area contributed by atoms with E-state index in [2.05, 4.69) is 10.2 Å². The lowest BCUT2D eigenvalue weighted by molar-refractivity contribution is 0.174. The molecular formula is C20H13FN4O3. The second kappa shape index (κ2) is 6.34. The summed E-state index contributed by atoms with van der Waals surface area (Å²) in [6, 6.07) is 14.5. The van der Waals surface area contributed by atoms with Crippen LogP contribution in [0, 0.1) is 5.82 Å². The van der Waals surface area contributed by atoms with Crippen LogP contribution in [0.25, 0.3) is 22.8 Å². The number of ether oxygens (including phenoxy) is 2. The van der Waals surface area contributed by atoms with Gasteiger partial charge in [0.2, 0.25) is 12.2 Å². The van der Waals surface area contributed by atoms with Crippen molar-refractivity contribution in [1.82, 2.24) is 19.6 Å². The highest BCUT2D eigenvalue weighted by Gasteiger charge is 2.18. The number of halogens is 1. The van der Waals surface area contributed by atoms with E-state index in [0.29, 0.717) is 28.6 Å². The summed E-state index contributed by atoms with van der Waals surface area (Å²) in [4.78, 5) is 12.5. The monoisotopic (exact) mass is 376 g/mol. The minimum Gasteiger partial charge on any atom is -0.454 e. The zero-order chi connectivity index (χ0) is 19.1. The second-order valence-corrected chi connectivity index (χ2v) is 6.12. The van der Waals surface area contributed by atoms with Gasteiger partial charge in [0.1, 0.15) is 5.82 Å². The third-order valence-corrected chi connectivity index (χ3v) is 4.37. The summed E-state index contributed by atoms with van der Waals surface area (Å²) in [5.74, 6) is 0.880. The van der Waals surface area contributed by atoms with E-state index in [4.69, 9.17) is 9.47 Å². The number of nitrogens with zero attached hydrogens (tertiary/aromatic N) is 4. The first-order chi connectivity index (χ1) is 13.7. The number of fused-ring (bicyclic) bond motifs is 1. The van der Waals surface area contributed by atoms with Crippen LogP contribution in [0.1, 0.15) is 0 Å². The number of rotatable bonds is 3. The van der Waals surface area contributed by atoms with Crippen molar-refractivity contribution in [3.8, 4) is 34.3 Å². The fraction of sp³-hybridized carbons (Fsp3) is 0.0500. The first-order valence-electron chi connectivity index (χ1n) is 8.49. The molecule has 138 valence electrons. The maximum atomic E-state index is 13.6. The van der Waals surface area contributed by atoms with E-state index in [1.807, 2.05) is 6.07 Å². The predicted octanol–water partition coefficient (Wildman–Crippen LogP) is 2.95. The summed E-state index contributed by atoms with van der Waals surface area (Å²) >= 11 is 0. The molecule has 3 heterocycles. The van der Waals surface area contributed by atoms with Crippen molar-refractivity contribution in [3.63, 3.8) is 0 Å². The Hall–Kier alpha value is -3.94. The summed E-state index contributed by atoms with van der Waals surface area (Å²) in [5.41, 5.74) is 1.65. The van der Waals surface area contributed by atoms with E-state index < -0.39 is 0 Å². The van der Waals surface area contributed by atoms with Crippen LogP contribution in [0.2, 0.25) is 0 Å². The number of hydrogen-bond donors (Lipinski definition) is 0. The fourth-order valence-electron chi connectivity index (χ4n) is 3.05. The molecule has 4 aromatic rings. The Kier molecular flexibility index (Phi) is 3.68. The molecule has 0 N–H and O–H groups in total. The van der Waals surface area contributed by atoms with E-state index in [-0.39, 0.29) is 23.7 Å². The van der Waals surface area contributed by atoms with Crippen molar-refractivity contribution < 1.29 is 13.9 Å². The molecule has 2 aromatic heterocycles. The van der Waals surface area contributed by atoms with Gasteiger partial charge in [0.25, 0.3) is 0 Å². The standard InChI is InChI=1S/C20H13FN4O3/c21-13-2-1-3-14(10-13)24-9-7-17(26)20(23-24)16-6-8-22-25(16)15-4-5-18-19(11-15)28-12-27-18/h1-11H,12H2. The van der Waals surface area contributed by atoms with Crippen LogP contribution >= 0.6 is 0 Å². The summed E-state index contributed by atoms with van der Waals surface area (Å²) in [6.45, 7) is 0.170. The van der Waals surface area contributed by atoms with E-state index in [1.165, 1.54) is 29.1 Å². The van der Waals surface area contributed by atoms with Crippen LogP contribution in [0.3, 0.4) is 0 Å². The summed E-state index contributed by atoms with van der Waals surface area (Å²) in [6.07, 6.45) is 3.09. The van der Waals surface area contributed by atoms with Crippen LogP contribution in [0.5, 0.6) is 11.5 Å². The average Bonchev–Trinajstić information content (AvgIpc) is 3.37. The average molecular weight is 376 g/mol. The van der Waals surface area contributed by atoms with Crippen LogP contribution < -0.4 is 14.9 Å². The molecule has 2 aromatic carbocycles. The maximum absolute atomic E-state index is 13.6. The highest BCUT2D eigenvalue weighted by atomic mass is 19.1. The lowest BCUT2D eigenvalue weighted by Gasteiger charge is -2.10. The van der Waals surface area contributed by atoms with Gasteiger partial charge >= 0.3 is 0 Å². The van der Waals surface area contributed by atoms with Gasteiger partial charge in [-0.25, -0.2) is 13.8 Å². The number of hydrogen-bond acceptors (Lipinski definition) is 5. The number of benzene rings is 2. The molecule has 0 saturated carbocycles. The Morgan fingerprint density at radius 2 is 1.86 bits per heavy atom. The lowest BCUT2D eigenvalue weighted by Crippen LogP contribution is -2.14. The molecule has 5 rings (SSSR count). The van der Waals surface area contributed by atoms with Gasteiger partial charge in [-0.05, 0) is 36.4 Å². The molecule has 0 atom stereocenters. The molecule has 8 heteroatoms. The van der Waals surface area contributed by atoms with Crippen molar-refractivity contribution in [2.45, 2.75) is 0 Å². The fourth-order valence-corrected chi connectivity index (χ4v) is 3.05. The van der Waals surface area contributed by atoms with Crippen molar-refractivity contribution in [2.24, 2.45) is 0 Å². The molecule has 7 nitrogen and oxygen atoms in total. The summed E-state index contributed by atoms with van der Waals surface area (Å²) in [7, 11) is 0. The van der Waals surface area contributed by atoms with E-state index in [0.717, 1.165) is 0 Å². The van der Waals surface area contributed by atoms with Crippen molar-refractivity contribution in [2.75, 3.05) is 6.79 Å². The minimum absolute atomic E-state index is 0.170. The molecule has 0 unspecified atom stereocenters. The molecule has 1 aliphatic heterocycles. The van der Waals surface area contributed by atoms with Crippen LogP contribution in [0.4, 0.5) is 4.39 Å². The molecule has 0 spiro atoms. The lowest BCUT2D eigenvalue weighted by atomic mass is 10.2. The normalized spacial score (nSPS) is 12.3. The molecule has 0 bridgehead atoms. The van der Waals surface area contributed by atoms with Gasteiger partial charge in [0.15, 0.2) is 17.2 Å². The number of aromatic nitrogens is 4. The van der Waals surface area contributed by atoms with E-state index in [1.54, 1.807) is 41.2 Å². The molecule has 0 saturated heterocycles. The molecule has 28 heavy (non-hydrogen) atoms. The minimum atomic E-state index is -0.384. The van der Waals surface area contributed by atoms with Crippen molar-refractivity contribution in [1.29, 1.82) is 0 Å². The molecule has 0 fully saturated rings. The summed E-state index contributed by atoms with van der Waals surface area (Å²) in [5, 5.41) is 8.72. The van der Waals surface area contributed by atoms with E-state index in [9.17, 15) is 9.18 Å². The largest absolute Gasteiger partial charge is 0.454 e. The highest BCUT2D eigenvalue weighted by Crippen LogP contribution is 2.34. The quantitative estimate of drug-likeness (QED) is 0.550. The Bertz CT molecular complexity index is 1250. The molecular weight excluding hydrogens is 363 g/mol. The summed E-state index contributed by atoms with van der Waals surface area (Å²) < 4.78 is 27.4. The molecule has 0 aliphatic carbocycles. The topological polar surface area (TPSA) is 71.2 Å². The van der Waals surface area contributed by atoms with Gasteiger partial charge in [-0.2, -0.15) is 10.2 Å². The van der Waals surface area contributed by atoms with Gasteiger partial charge < -0.3 is 9.47 Å². The SMILES string of the molecule is O=c1ccn(-c2cccc(F)c2)nc1-c1ccnn1-c1ccc2c(c1)OCO2. The van der Waals surface area contributed by atoms with Crippen molar-refractivity contribution >= 4 is 0 Å². The van der Waals surface area contributed by atoms with Crippen LogP contribution in [0.15, 0.2) is 71.8 Å². The third-order valence-electron chi connectivity index (χ3n) is 4.37. The molecule has 0 radical (unpaired) electrons. The van der Waals surface area contributed by atoms with Gasteiger partial charge in [-0.15, -0.1) is 0 Å². The van der Waals surface area contributed by atoms with Crippen LogP contribution in [-0.4, -0.2) is 26.4 Å². The first-order valence-corrected chi connectivity index (χ1v) is 8.49. The Morgan fingerprint density at radius 3 is 2.75 bits per heavy atom.